The van der Waals surface area contributed by atoms with Gasteiger partial charge in [0.25, 0.3) is 0 Å². The minimum absolute atomic E-state index is 0.170. The Hall–Kier alpha value is -0.780. The average Bonchev–Trinajstić information content (AvgIpc) is 2.98. The van der Waals surface area contributed by atoms with Crippen molar-refractivity contribution in [3.63, 3.8) is 0 Å². The van der Waals surface area contributed by atoms with E-state index in [0.29, 0.717) is 12.5 Å². The van der Waals surface area contributed by atoms with Gasteiger partial charge in [0.05, 0.1) is 24.8 Å². The molecule has 0 radical (unpaired) electrons. The number of hydrogen-bond donors (Lipinski definition) is 1. The number of nitrogens with two attached hydrogens (primary N) is 1. The van der Waals surface area contributed by atoms with Crippen molar-refractivity contribution in [1.82, 2.24) is 0 Å². The largest absolute Gasteiger partial charge is 0.493 e. The van der Waals surface area contributed by atoms with Crippen LogP contribution in [0.3, 0.4) is 0 Å². The van der Waals surface area contributed by atoms with E-state index in [1.807, 2.05) is 6.07 Å². The van der Waals surface area contributed by atoms with Gasteiger partial charge in [-0.15, -0.1) is 0 Å². The zero-order valence-corrected chi connectivity index (χ0v) is 14.3. The molecule has 1 aromatic carbocycles. The van der Waals surface area contributed by atoms with Crippen LogP contribution in [0.4, 0.5) is 0 Å². The predicted molar refractivity (Wildman–Crippen MR) is 87.1 cm³/mol. The van der Waals surface area contributed by atoms with Gasteiger partial charge in [-0.05, 0) is 52.9 Å². The molecule has 2 rings (SSSR count). The molecule has 21 heavy (non-hydrogen) atoms. The molecule has 1 fully saturated rings. The highest BCUT2D eigenvalue weighted by molar-refractivity contribution is 9.10. The van der Waals surface area contributed by atoms with E-state index >= 15 is 0 Å². The molecule has 0 aliphatic carbocycles. The lowest BCUT2D eigenvalue weighted by molar-refractivity contribution is 0.165. The van der Waals surface area contributed by atoms with Crippen LogP contribution in [0.2, 0.25) is 0 Å². The minimum atomic E-state index is 0.170. The maximum absolute atomic E-state index is 6.02. The molecule has 1 aromatic rings. The Kier molecular flexibility index (Phi) is 6.33. The smallest absolute Gasteiger partial charge is 0.175 e. The first-order chi connectivity index (χ1) is 10.1. The van der Waals surface area contributed by atoms with Crippen LogP contribution < -0.4 is 15.2 Å². The molecule has 118 valence electrons. The van der Waals surface area contributed by atoms with Gasteiger partial charge in [-0.25, -0.2) is 0 Å². The third-order valence-electron chi connectivity index (χ3n) is 3.80. The van der Waals surface area contributed by atoms with Crippen LogP contribution in [0, 0.1) is 5.92 Å². The summed E-state index contributed by atoms with van der Waals surface area (Å²) in [6.45, 7) is 4.37. The Bertz CT molecular complexity index is 461. The summed E-state index contributed by atoms with van der Waals surface area (Å²) in [7, 11) is 1.66. The van der Waals surface area contributed by atoms with Gasteiger partial charge in [0.15, 0.2) is 11.5 Å². The molecule has 0 aromatic heterocycles. The van der Waals surface area contributed by atoms with Crippen LogP contribution in [0.1, 0.15) is 25.3 Å². The van der Waals surface area contributed by atoms with Gasteiger partial charge in [0, 0.05) is 18.6 Å². The Morgan fingerprint density at radius 2 is 2.29 bits per heavy atom. The summed E-state index contributed by atoms with van der Waals surface area (Å²) in [5.41, 5.74) is 7.18. The maximum atomic E-state index is 6.02. The zero-order valence-electron chi connectivity index (χ0n) is 12.7. The fraction of sp³-hybridized carbons (Fsp3) is 0.625. The molecule has 4 nitrogen and oxygen atoms in total. The highest BCUT2D eigenvalue weighted by atomic mass is 79.9. The monoisotopic (exact) mass is 357 g/mol. The number of hydrogen-bond acceptors (Lipinski definition) is 4. The third kappa shape index (κ3) is 4.59. The molecular weight excluding hydrogens is 334 g/mol. The Balaban J connectivity index is 2.08. The second-order valence-electron chi connectivity index (χ2n) is 5.52. The van der Waals surface area contributed by atoms with Crippen molar-refractivity contribution >= 4 is 15.9 Å². The summed E-state index contributed by atoms with van der Waals surface area (Å²) in [6.07, 6.45) is 2.85. The maximum Gasteiger partial charge on any atom is 0.175 e. The first-order valence-electron chi connectivity index (χ1n) is 7.46. The van der Waals surface area contributed by atoms with E-state index in [4.69, 9.17) is 19.9 Å². The number of halogens is 1. The van der Waals surface area contributed by atoms with E-state index in [1.54, 1.807) is 7.11 Å². The van der Waals surface area contributed by atoms with Crippen molar-refractivity contribution < 1.29 is 14.2 Å². The van der Waals surface area contributed by atoms with E-state index < -0.39 is 0 Å². The molecule has 2 N–H and O–H groups in total. The second kappa shape index (κ2) is 8.01. The van der Waals surface area contributed by atoms with Gasteiger partial charge in [-0.1, -0.05) is 6.92 Å². The molecule has 0 spiro atoms. The normalized spacial score (nSPS) is 19.5. The second-order valence-corrected chi connectivity index (χ2v) is 6.38. The fourth-order valence-electron chi connectivity index (χ4n) is 2.39. The highest BCUT2D eigenvalue weighted by Gasteiger charge is 2.19. The van der Waals surface area contributed by atoms with Crippen LogP contribution in [-0.4, -0.2) is 33.0 Å². The van der Waals surface area contributed by atoms with Crippen LogP contribution in [0.15, 0.2) is 16.6 Å². The molecule has 2 atom stereocenters. The molecule has 1 saturated heterocycles. The minimum Gasteiger partial charge on any atom is -0.493 e. The first kappa shape index (κ1) is 16.6. The summed E-state index contributed by atoms with van der Waals surface area (Å²) in [4.78, 5) is 0. The number of methoxy groups -OCH3 is 1. The van der Waals surface area contributed by atoms with E-state index in [-0.39, 0.29) is 6.04 Å². The third-order valence-corrected chi connectivity index (χ3v) is 4.39. The number of benzene rings is 1. The van der Waals surface area contributed by atoms with Gasteiger partial charge in [0.1, 0.15) is 0 Å². The Labute approximate surface area is 135 Å². The molecule has 1 heterocycles. The van der Waals surface area contributed by atoms with Crippen molar-refractivity contribution in [2.45, 2.75) is 32.2 Å². The summed E-state index contributed by atoms with van der Waals surface area (Å²) in [6, 6.07) is 4.25. The standard InChI is InChI=1S/C16H24BrNO3/c1-3-13(18)6-12-7-14(17)16(15(8-12)19-2)21-10-11-4-5-20-9-11/h7-8,11,13H,3-6,9-10,18H2,1-2H3. The number of ether oxygens (including phenoxy) is 3. The van der Waals surface area contributed by atoms with Gasteiger partial charge >= 0.3 is 0 Å². The van der Waals surface area contributed by atoms with Crippen molar-refractivity contribution in [3.8, 4) is 11.5 Å². The first-order valence-corrected chi connectivity index (χ1v) is 8.25. The SMILES string of the molecule is CCC(N)Cc1cc(Br)c(OCC2CCOC2)c(OC)c1. The molecule has 0 bridgehead atoms. The molecule has 5 heteroatoms. The van der Waals surface area contributed by atoms with Crippen molar-refractivity contribution in [2.75, 3.05) is 26.9 Å². The quantitative estimate of drug-likeness (QED) is 0.814. The molecule has 1 aliphatic heterocycles. The van der Waals surface area contributed by atoms with E-state index in [2.05, 4.69) is 28.9 Å². The molecule has 2 unspecified atom stereocenters. The molecule has 0 amide bonds. The summed E-state index contributed by atoms with van der Waals surface area (Å²) < 4.78 is 17.7. The van der Waals surface area contributed by atoms with Crippen LogP contribution in [0.5, 0.6) is 11.5 Å². The lowest BCUT2D eigenvalue weighted by Crippen LogP contribution is -2.21. The highest BCUT2D eigenvalue weighted by Crippen LogP contribution is 2.37. The topological polar surface area (TPSA) is 53.7 Å². The van der Waals surface area contributed by atoms with Gasteiger partial charge in [-0.2, -0.15) is 0 Å². The lowest BCUT2D eigenvalue weighted by Gasteiger charge is -2.17. The van der Waals surface area contributed by atoms with Gasteiger partial charge in [0.2, 0.25) is 0 Å². The van der Waals surface area contributed by atoms with Crippen LogP contribution >= 0.6 is 15.9 Å². The van der Waals surface area contributed by atoms with Crippen LogP contribution in [0.25, 0.3) is 0 Å². The van der Waals surface area contributed by atoms with Gasteiger partial charge < -0.3 is 19.9 Å². The predicted octanol–water partition coefficient (Wildman–Crippen LogP) is 3.15. The summed E-state index contributed by atoms with van der Waals surface area (Å²) >= 11 is 3.58. The summed E-state index contributed by atoms with van der Waals surface area (Å²) in [5, 5.41) is 0. The lowest BCUT2D eigenvalue weighted by atomic mass is 10.0. The van der Waals surface area contributed by atoms with E-state index in [0.717, 1.165) is 54.0 Å². The van der Waals surface area contributed by atoms with E-state index in [1.165, 1.54) is 0 Å². The molecule has 1 aliphatic rings. The molecular formula is C16H24BrNO3. The molecule has 0 saturated carbocycles. The van der Waals surface area contributed by atoms with Crippen molar-refractivity contribution in [3.05, 3.63) is 22.2 Å². The van der Waals surface area contributed by atoms with E-state index in [9.17, 15) is 0 Å². The Morgan fingerprint density at radius 1 is 1.48 bits per heavy atom. The van der Waals surface area contributed by atoms with Gasteiger partial charge in [-0.3, -0.25) is 0 Å². The van der Waals surface area contributed by atoms with Crippen molar-refractivity contribution in [2.24, 2.45) is 11.7 Å². The van der Waals surface area contributed by atoms with Crippen molar-refractivity contribution in [1.29, 1.82) is 0 Å². The summed E-state index contributed by atoms with van der Waals surface area (Å²) in [5.74, 6) is 1.98. The van der Waals surface area contributed by atoms with Crippen LogP contribution in [-0.2, 0) is 11.2 Å². The Morgan fingerprint density at radius 3 is 2.90 bits per heavy atom. The average molecular weight is 358 g/mol. The number of rotatable bonds is 7. The fourth-order valence-corrected chi connectivity index (χ4v) is 3.00. The zero-order chi connectivity index (χ0) is 15.2.